The fourth-order valence-electron chi connectivity index (χ4n) is 2.60. The molecule has 21 heavy (non-hydrogen) atoms. The molecule has 114 valence electrons. The molecule has 6 heteroatoms. The van der Waals surface area contributed by atoms with E-state index in [9.17, 15) is 14.9 Å². The van der Waals surface area contributed by atoms with Crippen LogP contribution in [-0.4, -0.2) is 24.4 Å². The Morgan fingerprint density at radius 2 is 2.05 bits per heavy atom. The fraction of sp³-hybridized carbons (Fsp3) is 0.533. The van der Waals surface area contributed by atoms with Gasteiger partial charge in [0.25, 0.3) is 0 Å². The van der Waals surface area contributed by atoms with Crippen LogP contribution < -0.4 is 9.47 Å². The third-order valence-electron chi connectivity index (χ3n) is 3.79. The second-order valence-corrected chi connectivity index (χ2v) is 5.18. The van der Waals surface area contributed by atoms with E-state index < -0.39 is 4.92 Å². The summed E-state index contributed by atoms with van der Waals surface area (Å²) in [6.45, 7) is -0.0336. The average molecular weight is 293 g/mol. The number of nitro groups is 1. The van der Waals surface area contributed by atoms with Gasteiger partial charge in [0, 0.05) is 5.92 Å². The molecule has 0 aliphatic heterocycles. The number of Topliss-reactive ketones (excluding diaryl/α,β-unsaturated/α-hetero) is 1. The Balaban J connectivity index is 1.98. The minimum absolute atomic E-state index is 0.0336. The van der Waals surface area contributed by atoms with E-state index in [4.69, 9.17) is 9.47 Å². The van der Waals surface area contributed by atoms with E-state index in [2.05, 4.69) is 0 Å². The normalized spacial score (nSPS) is 15.5. The zero-order chi connectivity index (χ0) is 15.2. The zero-order valence-corrected chi connectivity index (χ0v) is 12.0. The van der Waals surface area contributed by atoms with Crippen LogP contribution in [-0.2, 0) is 4.79 Å². The predicted molar refractivity (Wildman–Crippen MR) is 76.7 cm³/mol. The fourth-order valence-corrected chi connectivity index (χ4v) is 2.60. The van der Waals surface area contributed by atoms with Crippen molar-refractivity contribution in [2.45, 2.75) is 32.1 Å². The van der Waals surface area contributed by atoms with Gasteiger partial charge in [0.05, 0.1) is 18.1 Å². The van der Waals surface area contributed by atoms with Crippen LogP contribution in [0.1, 0.15) is 32.1 Å². The lowest BCUT2D eigenvalue weighted by Crippen LogP contribution is -2.23. The molecule has 0 atom stereocenters. The van der Waals surface area contributed by atoms with Crippen LogP contribution in [0.5, 0.6) is 11.5 Å². The molecule has 0 aromatic heterocycles. The second kappa shape index (κ2) is 7.06. The van der Waals surface area contributed by atoms with Crippen molar-refractivity contribution in [2.75, 3.05) is 13.7 Å². The molecular weight excluding hydrogens is 274 g/mol. The first-order chi connectivity index (χ1) is 10.1. The van der Waals surface area contributed by atoms with Crippen LogP contribution >= 0.6 is 0 Å². The quantitative estimate of drug-likeness (QED) is 0.594. The highest BCUT2D eigenvalue weighted by Gasteiger charge is 2.22. The molecular formula is C15H19NO5. The first kappa shape index (κ1) is 15.3. The van der Waals surface area contributed by atoms with Gasteiger partial charge in [0.1, 0.15) is 12.4 Å². The van der Waals surface area contributed by atoms with Crippen LogP contribution in [0.2, 0.25) is 0 Å². The average Bonchev–Trinajstić information content (AvgIpc) is 2.53. The number of hydrogen-bond acceptors (Lipinski definition) is 5. The van der Waals surface area contributed by atoms with Crippen molar-refractivity contribution >= 4 is 11.5 Å². The minimum atomic E-state index is -0.533. The standard InChI is InChI=1S/C15H19NO5/c1-20-15-8-7-12(9-13(15)16(18)19)21-10-14(17)11-5-3-2-4-6-11/h7-9,11H,2-6,10H2,1H3. The summed E-state index contributed by atoms with van der Waals surface area (Å²) >= 11 is 0. The smallest absolute Gasteiger partial charge is 0.314 e. The molecule has 0 radical (unpaired) electrons. The number of benzene rings is 1. The van der Waals surface area contributed by atoms with Crippen LogP contribution in [0, 0.1) is 16.0 Å². The van der Waals surface area contributed by atoms with E-state index >= 15 is 0 Å². The first-order valence-electron chi connectivity index (χ1n) is 7.09. The summed E-state index contributed by atoms with van der Waals surface area (Å²) in [7, 11) is 1.37. The Hall–Kier alpha value is -2.11. The van der Waals surface area contributed by atoms with Crippen molar-refractivity contribution in [3.63, 3.8) is 0 Å². The number of nitro benzene ring substituents is 1. The number of ether oxygens (including phenoxy) is 2. The predicted octanol–water partition coefficient (Wildman–Crippen LogP) is 3.13. The Kier molecular flexibility index (Phi) is 5.14. The number of methoxy groups -OCH3 is 1. The topological polar surface area (TPSA) is 78.7 Å². The molecule has 0 heterocycles. The highest BCUT2D eigenvalue weighted by atomic mass is 16.6. The van der Waals surface area contributed by atoms with Crippen molar-refractivity contribution in [1.82, 2.24) is 0 Å². The molecule has 2 rings (SSSR count). The van der Waals surface area contributed by atoms with Crippen molar-refractivity contribution in [1.29, 1.82) is 0 Å². The Morgan fingerprint density at radius 3 is 2.67 bits per heavy atom. The third-order valence-corrected chi connectivity index (χ3v) is 3.79. The number of nitrogens with zero attached hydrogens (tertiary/aromatic N) is 1. The molecule has 0 saturated heterocycles. The molecule has 1 fully saturated rings. The molecule has 6 nitrogen and oxygen atoms in total. The number of rotatable bonds is 6. The van der Waals surface area contributed by atoms with Gasteiger partial charge in [-0.25, -0.2) is 0 Å². The molecule has 1 aromatic carbocycles. The summed E-state index contributed by atoms with van der Waals surface area (Å²) < 4.78 is 10.3. The summed E-state index contributed by atoms with van der Waals surface area (Å²) in [4.78, 5) is 22.4. The Labute approximate surface area is 123 Å². The van der Waals surface area contributed by atoms with E-state index in [-0.39, 0.29) is 29.7 Å². The minimum Gasteiger partial charge on any atom is -0.490 e. The lowest BCUT2D eigenvalue weighted by molar-refractivity contribution is -0.385. The van der Waals surface area contributed by atoms with E-state index in [0.29, 0.717) is 5.75 Å². The van der Waals surface area contributed by atoms with Gasteiger partial charge < -0.3 is 9.47 Å². The van der Waals surface area contributed by atoms with Gasteiger partial charge in [0.2, 0.25) is 0 Å². The highest BCUT2D eigenvalue weighted by Crippen LogP contribution is 2.31. The number of ketones is 1. The van der Waals surface area contributed by atoms with Crippen LogP contribution in [0.4, 0.5) is 5.69 Å². The Morgan fingerprint density at radius 1 is 1.33 bits per heavy atom. The van der Waals surface area contributed by atoms with Crippen molar-refractivity contribution in [3.05, 3.63) is 28.3 Å². The molecule has 0 unspecified atom stereocenters. The van der Waals surface area contributed by atoms with E-state index in [1.54, 1.807) is 6.07 Å². The van der Waals surface area contributed by atoms with Gasteiger partial charge in [-0.1, -0.05) is 19.3 Å². The first-order valence-corrected chi connectivity index (χ1v) is 7.09. The molecule has 0 bridgehead atoms. The van der Waals surface area contributed by atoms with Gasteiger partial charge in [-0.2, -0.15) is 0 Å². The second-order valence-electron chi connectivity index (χ2n) is 5.18. The van der Waals surface area contributed by atoms with E-state index in [1.807, 2.05) is 0 Å². The Bertz CT molecular complexity index is 523. The van der Waals surface area contributed by atoms with Crippen LogP contribution in [0.3, 0.4) is 0 Å². The number of carbonyl (C=O) groups excluding carboxylic acids is 1. The highest BCUT2D eigenvalue weighted by molar-refractivity contribution is 5.82. The SMILES string of the molecule is COc1ccc(OCC(=O)C2CCCCC2)cc1[N+](=O)[O-]. The zero-order valence-electron chi connectivity index (χ0n) is 12.0. The van der Waals surface area contributed by atoms with Gasteiger partial charge in [0.15, 0.2) is 11.5 Å². The molecule has 1 aromatic rings. The summed E-state index contributed by atoms with van der Waals surface area (Å²) in [6, 6.07) is 4.32. The van der Waals surface area contributed by atoms with Gasteiger partial charge >= 0.3 is 5.69 Å². The van der Waals surface area contributed by atoms with E-state index in [0.717, 1.165) is 25.7 Å². The summed E-state index contributed by atoms with van der Waals surface area (Å²) in [5.74, 6) is 0.637. The van der Waals surface area contributed by atoms with Gasteiger partial charge in [-0.05, 0) is 25.0 Å². The molecule has 0 amide bonds. The van der Waals surface area contributed by atoms with Gasteiger partial charge in [-0.15, -0.1) is 0 Å². The third kappa shape index (κ3) is 3.93. The molecule has 0 spiro atoms. The number of hydrogen-bond donors (Lipinski definition) is 0. The lowest BCUT2D eigenvalue weighted by Gasteiger charge is -2.20. The maximum atomic E-state index is 12.0. The van der Waals surface area contributed by atoms with Gasteiger partial charge in [-0.3, -0.25) is 14.9 Å². The monoisotopic (exact) mass is 293 g/mol. The summed E-state index contributed by atoms with van der Waals surface area (Å²) in [5, 5.41) is 10.9. The maximum absolute atomic E-state index is 12.0. The summed E-state index contributed by atoms with van der Waals surface area (Å²) in [5.41, 5.74) is -0.167. The molecule has 1 aliphatic rings. The maximum Gasteiger partial charge on any atom is 0.314 e. The van der Waals surface area contributed by atoms with Crippen molar-refractivity contribution in [3.8, 4) is 11.5 Å². The largest absolute Gasteiger partial charge is 0.490 e. The van der Waals surface area contributed by atoms with Crippen molar-refractivity contribution < 1.29 is 19.2 Å². The van der Waals surface area contributed by atoms with E-state index in [1.165, 1.54) is 25.7 Å². The number of carbonyl (C=O) groups is 1. The lowest BCUT2D eigenvalue weighted by atomic mass is 9.86. The van der Waals surface area contributed by atoms with Crippen LogP contribution in [0.25, 0.3) is 0 Å². The molecule has 1 saturated carbocycles. The summed E-state index contributed by atoms with van der Waals surface area (Å²) in [6.07, 6.45) is 5.21. The molecule has 1 aliphatic carbocycles. The van der Waals surface area contributed by atoms with Crippen molar-refractivity contribution in [2.24, 2.45) is 5.92 Å². The van der Waals surface area contributed by atoms with Crippen LogP contribution in [0.15, 0.2) is 18.2 Å². The molecule has 0 N–H and O–H groups in total.